The van der Waals surface area contributed by atoms with Crippen LogP contribution in [0.3, 0.4) is 0 Å². The summed E-state index contributed by atoms with van der Waals surface area (Å²) < 4.78 is 0. The molecule has 1 aliphatic heterocycles. The van der Waals surface area contributed by atoms with Gasteiger partial charge in [-0.2, -0.15) is 0 Å². The lowest BCUT2D eigenvalue weighted by Crippen LogP contribution is -2.35. The van der Waals surface area contributed by atoms with Crippen LogP contribution in [0.15, 0.2) is 24.3 Å². The summed E-state index contributed by atoms with van der Waals surface area (Å²) in [6, 6.07) is 7.08. The van der Waals surface area contributed by atoms with Crippen LogP contribution >= 0.6 is 0 Å². The van der Waals surface area contributed by atoms with Gasteiger partial charge in [-0.3, -0.25) is 14.5 Å². The fourth-order valence-corrected chi connectivity index (χ4v) is 3.22. The fourth-order valence-electron chi connectivity index (χ4n) is 3.22. The zero-order valence-corrected chi connectivity index (χ0v) is 15.5. The fraction of sp³-hybridized carbons (Fsp3) is 0.579. The highest BCUT2D eigenvalue weighted by atomic mass is 16.2. The summed E-state index contributed by atoms with van der Waals surface area (Å²) in [5.74, 6) is -0.0231. The zero-order chi connectivity index (χ0) is 18.4. The maximum absolute atomic E-state index is 12.3. The average Bonchev–Trinajstić information content (AvgIpc) is 2.98. The molecule has 25 heavy (non-hydrogen) atoms. The molecule has 1 aromatic carbocycles. The number of likely N-dealkylation sites (tertiary alicyclic amines) is 1. The van der Waals surface area contributed by atoms with Crippen molar-refractivity contribution >= 4 is 17.5 Å². The van der Waals surface area contributed by atoms with Gasteiger partial charge in [0, 0.05) is 30.9 Å². The minimum Gasteiger partial charge on any atom is -0.339 e. The number of amides is 2. The van der Waals surface area contributed by atoms with Gasteiger partial charge in [0.2, 0.25) is 5.91 Å². The number of hydrogen-bond acceptors (Lipinski definition) is 4. The van der Waals surface area contributed by atoms with Crippen LogP contribution in [0.4, 0.5) is 5.69 Å². The summed E-state index contributed by atoms with van der Waals surface area (Å²) in [5, 5.41) is 2.90. The van der Waals surface area contributed by atoms with Gasteiger partial charge in [0.25, 0.3) is 5.91 Å². The number of carbonyl (C=O) groups is 2. The highest BCUT2D eigenvalue weighted by Gasteiger charge is 2.33. The Bertz CT molecular complexity index is 598. The Kier molecular flexibility index (Phi) is 6.56. The first-order valence-electron chi connectivity index (χ1n) is 9.02. The van der Waals surface area contributed by atoms with Gasteiger partial charge >= 0.3 is 0 Å². The normalized spacial score (nSPS) is 20.5. The maximum atomic E-state index is 12.3. The summed E-state index contributed by atoms with van der Waals surface area (Å²) in [7, 11) is 0. The number of nitrogens with two attached hydrogens (primary N) is 1. The predicted molar refractivity (Wildman–Crippen MR) is 101 cm³/mol. The van der Waals surface area contributed by atoms with E-state index >= 15 is 0 Å². The highest BCUT2D eigenvalue weighted by molar-refractivity contribution is 5.96. The van der Waals surface area contributed by atoms with Crippen molar-refractivity contribution in [3.05, 3.63) is 29.8 Å². The van der Waals surface area contributed by atoms with Crippen LogP contribution < -0.4 is 11.1 Å². The molecule has 1 aliphatic rings. The standard InChI is InChI=1S/C19H30N4O2/c1-4-23(5-2)18(25)15-6-8-16(9-7-15)21-17(24)12-22-11-10-19(3,13-20)14-22/h6-9H,4-5,10-14,20H2,1-3H3,(H,21,24). The van der Waals surface area contributed by atoms with E-state index in [0.29, 0.717) is 37.4 Å². The number of rotatable bonds is 7. The molecule has 1 heterocycles. The van der Waals surface area contributed by atoms with Crippen LogP contribution in [-0.4, -0.2) is 60.9 Å². The third kappa shape index (κ3) is 5.03. The van der Waals surface area contributed by atoms with Crippen LogP contribution in [-0.2, 0) is 4.79 Å². The largest absolute Gasteiger partial charge is 0.339 e. The third-order valence-corrected chi connectivity index (χ3v) is 4.96. The molecular weight excluding hydrogens is 316 g/mol. The Hall–Kier alpha value is -1.92. The van der Waals surface area contributed by atoms with E-state index in [-0.39, 0.29) is 17.2 Å². The first kappa shape index (κ1) is 19.4. The minimum atomic E-state index is -0.0379. The molecule has 138 valence electrons. The van der Waals surface area contributed by atoms with Gasteiger partial charge < -0.3 is 16.0 Å². The average molecular weight is 346 g/mol. The lowest BCUT2D eigenvalue weighted by Gasteiger charge is -2.22. The van der Waals surface area contributed by atoms with Crippen LogP contribution in [0.25, 0.3) is 0 Å². The van der Waals surface area contributed by atoms with Crippen molar-refractivity contribution in [1.82, 2.24) is 9.80 Å². The van der Waals surface area contributed by atoms with Crippen molar-refractivity contribution in [3.8, 4) is 0 Å². The predicted octanol–water partition coefficient (Wildman–Crippen LogP) is 1.78. The molecule has 0 bridgehead atoms. The van der Waals surface area contributed by atoms with E-state index in [2.05, 4.69) is 17.1 Å². The van der Waals surface area contributed by atoms with E-state index in [1.165, 1.54) is 0 Å². The zero-order valence-electron chi connectivity index (χ0n) is 15.5. The summed E-state index contributed by atoms with van der Waals surface area (Å²) in [5.41, 5.74) is 7.27. The molecule has 3 N–H and O–H groups in total. The summed E-state index contributed by atoms with van der Waals surface area (Å²) in [6.45, 7) is 10.2. The van der Waals surface area contributed by atoms with Crippen molar-refractivity contribution < 1.29 is 9.59 Å². The smallest absolute Gasteiger partial charge is 0.253 e. The molecule has 0 spiro atoms. The Morgan fingerprint density at radius 2 is 1.88 bits per heavy atom. The van der Waals surface area contributed by atoms with Gasteiger partial charge in [0.05, 0.1) is 6.54 Å². The van der Waals surface area contributed by atoms with Gasteiger partial charge in [-0.25, -0.2) is 0 Å². The first-order chi connectivity index (χ1) is 11.9. The third-order valence-electron chi connectivity index (χ3n) is 4.96. The van der Waals surface area contributed by atoms with Gasteiger partial charge in [-0.15, -0.1) is 0 Å². The molecular formula is C19H30N4O2. The number of benzene rings is 1. The van der Waals surface area contributed by atoms with Gasteiger partial charge in [-0.05, 0) is 63.0 Å². The second-order valence-electron chi connectivity index (χ2n) is 7.08. The van der Waals surface area contributed by atoms with E-state index in [0.717, 1.165) is 19.5 Å². The van der Waals surface area contributed by atoms with E-state index in [1.54, 1.807) is 29.2 Å². The van der Waals surface area contributed by atoms with E-state index in [4.69, 9.17) is 5.73 Å². The van der Waals surface area contributed by atoms with Crippen LogP contribution in [0, 0.1) is 5.41 Å². The second kappa shape index (κ2) is 8.45. The Morgan fingerprint density at radius 3 is 2.40 bits per heavy atom. The van der Waals surface area contributed by atoms with E-state index in [9.17, 15) is 9.59 Å². The molecule has 0 radical (unpaired) electrons. The van der Waals surface area contributed by atoms with Crippen LogP contribution in [0.1, 0.15) is 37.6 Å². The maximum Gasteiger partial charge on any atom is 0.253 e. The monoisotopic (exact) mass is 346 g/mol. The summed E-state index contributed by atoms with van der Waals surface area (Å²) in [6.07, 6.45) is 1.03. The number of nitrogens with zero attached hydrogens (tertiary/aromatic N) is 2. The Morgan fingerprint density at radius 1 is 1.24 bits per heavy atom. The van der Waals surface area contributed by atoms with E-state index in [1.807, 2.05) is 13.8 Å². The van der Waals surface area contributed by atoms with Crippen molar-refractivity contribution in [3.63, 3.8) is 0 Å². The lowest BCUT2D eigenvalue weighted by molar-refractivity contribution is -0.117. The van der Waals surface area contributed by atoms with Crippen molar-refractivity contribution in [2.24, 2.45) is 11.1 Å². The molecule has 0 aromatic heterocycles. The second-order valence-corrected chi connectivity index (χ2v) is 7.08. The van der Waals surface area contributed by atoms with Crippen molar-refractivity contribution in [2.75, 3.05) is 44.6 Å². The highest BCUT2D eigenvalue weighted by Crippen LogP contribution is 2.28. The minimum absolute atomic E-state index is 0.0148. The molecule has 2 amide bonds. The van der Waals surface area contributed by atoms with Crippen LogP contribution in [0.5, 0.6) is 0 Å². The summed E-state index contributed by atoms with van der Waals surface area (Å²) in [4.78, 5) is 28.4. The molecule has 1 aromatic rings. The van der Waals surface area contributed by atoms with Gasteiger partial charge in [-0.1, -0.05) is 6.92 Å². The lowest BCUT2D eigenvalue weighted by atomic mass is 9.90. The molecule has 6 nitrogen and oxygen atoms in total. The van der Waals surface area contributed by atoms with Gasteiger partial charge in [0.1, 0.15) is 0 Å². The van der Waals surface area contributed by atoms with Gasteiger partial charge in [0.15, 0.2) is 0 Å². The number of anilines is 1. The molecule has 0 aliphatic carbocycles. The number of nitrogens with one attached hydrogen (secondary N) is 1. The van der Waals surface area contributed by atoms with Crippen molar-refractivity contribution in [2.45, 2.75) is 27.2 Å². The number of hydrogen-bond donors (Lipinski definition) is 2. The molecule has 2 rings (SSSR count). The van der Waals surface area contributed by atoms with E-state index < -0.39 is 0 Å². The Balaban J connectivity index is 1.89. The van der Waals surface area contributed by atoms with Crippen LogP contribution in [0.2, 0.25) is 0 Å². The SMILES string of the molecule is CCN(CC)C(=O)c1ccc(NC(=O)CN2CCC(C)(CN)C2)cc1. The topological polar surface area (TPSA) is 78.7 Å². The number of carbonyl (C=O) groups excluding carboxylic acids is 2. The Labute approximate surface area is 150 Å². The van der Waals surface area contributed by atoms with Crippen molar-refractivity contribution in [1.29, 1.82) is 0 Å². The first-order valence-corrected chi connectivity index (χ1v) is 9.02. The molecule has 0 saturated carbocycles. The molecule has 6 heteroatoms. The molecule has 1 saturated heterocycles. The quantitative estimate of drug-likeness (QED) is 0.789. The molecule has 1 unspecified atom stereocenters. The molecule has 1 atom stereocenters. The molecule has 1 fully saturated rings. The summed E-state index contributed by atoms with van der Waals surface area (Å²) >= 11 is 0.